The summed E-state index contributed by atoms with van der Waals surface area (Å²) >= 11 is 0. The van der Waals surface area contributed by atoms with Crippen LogP contribution in [0.5, 0.6) is 0 Å². The zero-order chi connectivity index (χ0) is 12.3. The molecule has 2 atom stereocenters. The highest BCUT2D eigenvalue weighted by Gasteiger charge is 2.24. The Morgan fingerprint density at radius 3 is 2.71 bits per heavy atom. The van der Waals surface area contributed by atoms with Crippen molar-refractivity contribution in [3.8, 4) is 0 Å². The molecule has 1 aromatic carbocycles. The second-order valence-corrected chi connectivity index (χ2v) is 5.12. The molecule has 0 radical (unpaired) electrons. The Morgan fingerprint density at radius 1 is 1.35 bits per heavy atom. The molecule has 2 nitrogen and oxygen atoms in total. The van der Waals surface area contributed by atoms with Crippen molar-refractivity contribution in [1.82, 2.24) is 4.90 Å². The van der Waals surface area contributed by atoms with Crippen LogP contribution >= 0.6 is 0 Å². The summed E-state index contributed by atoms with van der Waals surface area (Å²) < 4.78 is 12.8. The van der Waals surface area contributed by atoms with Gasteiger partial charge in [0.15, 0.2) is 0 Å². The van der Waals surface area contributed by atoms with Crippen LogP contribution in [0.25, 0.3) is 0 Å². The van der Waals surface area contributed by atoms with Crippen LogP contribution in [0.15, 0.2) is 24.3 Å². The maximum Gasteiger partial charge on any atom is 0.123 e. The first-order chi connectivity index (χ1) is 8.19. The van der Waals surface area contributed by atoms with Gasteiger partial charge in [0.25, 0.3) is 0 Å². The van der Waals surface area contributed by atoms with Crippen LogP contribution in [0.3, 0.4) is 0 Å². The SMILES string of the molecule is CC1CCN(Cc2ccc(F)cc2)CC1CN. The first-order valence-electron chi connectivity index (χ1n) is 6.36. The molecule has 2 unspecified atom stereocenters. The highest BCUT2D eigenvalue weighted by atomic mass is 19.1. The van der Waals surface area contributed by atoms with E-state index < -0.39 is 0 Å². The van der Waals surface area contributed by atoms with Crippen LogP contribution in [0.2, 0.25) is 0 Å². The second kappa shape index (κ2) is 5.61. The Labute approximate surface area is 103 Å². The number of rotatable bonds is 3. The lowest BCUT2D eigenvalue weighted by molar-refractivity contribution is 0.126. The summed E-state index contributed by atoms with van der Waals surface area (Å²) in [6.45, 7) is 6.14. The monoisotopic (exact) mass is 236 g/mol. The summed E-state index contributed by atoms with van der Waals surface area (Å²) in [6, 6.07) is 6.79. The van der Waals surface area contributed by atoms with Crippen molar-refractivity contribution in [1.29, 1.82) is 0 Å². The van der Waals surface area contributed by atoms with Crippen molar-refractivity contribution in [2.24, 2.45) is 17.6 Å². The molecule has 0 bridgehead atoms. The number of hydrogen-bond acceptors (Lipinski definition) is 2. The largest absolute Gasteiger partial charge is 0.330 e. The van der Waals surface area contributed by atoms with Crippen LogP contribution < -0.4 is 5.73 Å². The fraction of sp³-hybridized carbons (Fsp3) is 0.571. The number of halogens is 1. The minimum Gasteiger partial charge on any atom is -0.330 e. The van der Waals surface area contributed by atoms with Crippen molar-refractivity contribution in [3.05, 3.63) is 35.6 Å². The van der Waals surface area contributed by atoms with Gasteiger partial charge in [0.05, 0.1) is 0 Å². The molecule has 1 heterocycles. The Hall–Kier alpha value is -0.930. The number of piperidine rings is 1. The number of likely N-dealkylation sites (tertiary alicyclic amines) is 1. The summed E-state index contributed by atoms with van der Waals surface area (Å²) in [4.78, 5) is 2.42. The van der Waals surface area contributed by atoms with Crippen LogP contribution in [0.1, 0.15) is 18.9 Å². The minimum atomic E-state index is -0.166. The highest BCUT2D eigenvalue weighted by molar-refractivity contribution is 5.16. The first kappa shape index (κ1) is 12.5. The van der Waals surface area contributed by atoms with E-state index >= 15 is 0 Å². The lowest BCUT2D eigenvalue weighted by Gasteiger charge is -2.36. The fourth-order valence-corrected chi connectivity index (χ4v) is 2.52. The predicted octanol–water partition coefficient (Wildman–Crippen LogP) is 2.24. The highest BCUT2D eigenvalue weighted by Crippen LogP contribution is 2.23. The molecule has 3 heteroatoms. The van der Waals surface area contributed by atoms with Crippen LogP contribution in [-0.4, -0.2) is 24.5 Å². The normalized spacial score (nSPS) is 26.1. The van der Waals surface area contributed by atoms with Gasteiger partial charge >= 0.3 is 0 Å². The zero-order valence-electron chi connectivity index (χ0n) is 10.4. The molecule has 1 fully saturated rings. The van der Waals surface area contributed by atoms with Crippen LogP contribution in [0.4, 0.5) is 4.39 Å². The van der Waals surface area contributed by atoms with Crippen molar-refractivity contribution in [3.63, 3.8) is 0 Å². The van der Waals surface area contributed by atoms with E-state index in [4.69, 9.17) is 5.73 Å². The Bertz CT molecular complexity index is 350. The number of nitrogens with two attached hydrogens (primary N) is 1. The van der Waals surface area contributed by atoms with Gasteiger partial charge in [-0.15, -0.1) is 0 Å². The van der Waals surface area contributed by atoms with Gasteiger partial charge in [-0.05, 0) is 49.0 Å². The van der Waals surface area contributed by atoms with Gasteiger partial charge in [0.1, 0.15) is 5.82 Å². The Kier molecular flexibility index (Phi) is 4.13. The van der Waals surface area contributed by atoms with Crippen LogP contribution in [-0.2, 0) is 6.54 Å². The van der Waals surface area contributed by atoms with Gasteiger partial charge in [-0.1, -0.05) is 19.1 Å². The van der Waals surface area contributed by atoms with Crippen molar-refractivity contribution < 1.29 is 4.39 Å². The molecule has 2 N–H and O–H groups in total. The van der Waals surface area contributed by atoms with Gasteiger partial charge in [0.2, 0.25) is 0 Å². The topological polar surface area (TPSA) is 29.3 Å². The molecule has 94 valence electrons. The van der Waals surface area contributed by atoms with E-state index in [2.05, 4.69) is 11.8 Å². The molecule has 0 aliphatic carbocycles. The Balaban J connectivity index is 1.93. The predicted molar refractivity (Wildman–Crippen MR) is 68.0 cm³/mol. The summed E-state index contributed by atoms with van der Waals surface area (Å²) in [5, 5.41) is 0. The third kappa shape index (κ3) is 3.27. The van der Waals surface area contributed by atoms with E-state index in [-0.39, 0.29) is 5.82 Å². The Morgan fingerprint density at radius 2 is 2.06 bits per heavy atom. The molecule has 0 saturated carbocycles. The van der Waals surface area contributed by atoms with E-state index in [9.17, 15) is 4.39 Å². The maximum absolute atomic E-state index is 12.8. The average Bonchev–Trinajstić information content (AvgIpc) is 2.34. The minimum absolute atomic E-state index is 0.166. The molecular weight excluding hydrogens is 215 g/mol. The molecular formula is C14H21FN2. The third-order valence-corrected chi connectivity index (χ3v) is 3.82. The van der Waals surface area contributed by atoms with E-state index in [1.54, 1.807) is 0 Å². The van der Waals surface area contributed by atoms with Crippen molar-refractivity contribution >= 4 is 0 Å². The first-order valence-corrected chi connectivity index (χ1v) is 6.36. The van der Waals surface area contributed by atoms with Crippen molar-refractivity contribution in [2.75, 3.05) is 19.6 Å². The molecule has 1 saturated heterocycles. The molecule has 0 amide bonds. The van der Waals surface area contributed by atoms with Crippen molar-refractivity contribution in [2.45, 2.75) is 19.9 Å². The van der Waals surface area contributed by atoms with Gasteiger partial charge < -0.3 is 5.73 Å². The summed E-state index contributed by atoms with van der Waals surface area (Å²) in [7, 11) is 0. The van der Waals surface area contributed by atoms with Gasteiger partial charge in [0, 0.05) is 13.1 Å². The van der Waals surface area contributed by atoms with Crippen LogP contribution in [0, 0.1) is 17.7 Å². The van der Waals surface area contributed by atoms with Gasteiger partial charge in [-0.3, -0.25) is 4.90 Å². The summed E-state index contributed by atoms with van der Waals surface area (Å²) in [6.07, 6.45) is 1.21. The second-order valence-electron chi connectivity index (χ2n) is 5.12. The molecule has 1 aliphatic rings. The molecule has 1 aromatic rings. The van der Waals surface area contributed by atoms with E-state index in [1.807, 2.05) is 12.1 Å². The lowest BCUT2D eigenvalue weighted by atomic mass is 9.87. The number of benzene rings is 1. The molecule has 1 aliphatic heterocycles. The standard InChI is InChI=1S/C14H21FN2/c1-11-6-7-17(10-13(11)8-16)9-12-2-4-14(15)5-3-12/h2-5,11,13H,6-10,16H2,1H3. The summed E-state index contributed by atoms with van der Waals surface area (Å²) in [5.74, 6) is 1.16. The van der Waals surface area contributed by atoms with E-state index in [1.165, 1.54) is 24.1 Å². The quantitative estimate of drug-likeness (QED) is 0.872. The fourth-order valence-electron chi connectivity index (χ4n) is 2.52. The summed E-state index contributed by atoms with van der Waals surface area (Å²) in [5.41, 5.74) is 6.97. The van der Waals surface area contributed by atoms with Gasteiger partial charge in [-0.2, -0.15) is 0 Å². The molecule has 0 spiro atoms. The van der Waals surface area contributed by atoms with E-state index in [0.29, 0.717) is 5.92 Å². The zero-order valence-corrected chi connectivity index (χ0v) is 10.4. The van der Waals surface area contributed by atoms with E-state index in [0.717, 1.165) is 32.1 Å². The number of hydrogen-bond donors (Lipinski definition) is 1. The molecule has 2 rings (SSSR count). The average molecular weight is 236 g/mol. The number of nitrogens with zero attached hydrogens (tertiary/aromatic N) is 1. The molecule has 17 heavy (non-hydrogen) atoms. The smallest absolute Gasteiger partial charge is 0.123 e. The van der Waals surface area contributed by atoms with Gasteiger partial charge in [-0.25, -0.2) is 4.39 Å². The molecule has 0 aromatic heterocycles. The maximum atomic E-state index is 12.8. The lowest BCUT2D eigenvalue weighted by Crippen LogP contribution is -2.42. The third-order valence-electron chi connectivity index (χ3n) is 3.82.